The largest absolute Gasteiger partial charge is 0.380 e. The number of rotatable bonds is 9. The van der Waals surface area contributed by atoms with Crippen molar-refractivity contribution in [3.8, 4) is 21.7 Å². The molecule has 0 aliphatic carbocycles. The van der Waals surface area contributed by atoms with E-state index >= 15 is 0 Å². The SMILES string of the molecule is COCc1cc(Cn2nc(-c3cccs3)c3c(S(C)(=O)=O)nc(S(C)(=O)=O)cc32)ccc1-c1cc(C)sc1S(=O)(=O)O. The van der Waals surface area contributed by atoms with Crippen LogP contribution in [0.1, 0.15) is 16.0 Å². The first-order valence-electron chi connectivity index (χ1n) is 12.1. The maximum Gasteiger partial charge on any atom is 0.304 e. The molecule has 0 bridgehead atoms. The standard InChI is InChI=1S/C26H25N3O8S5/c1-15-10-19(26(39-15)42(34,35)36)18-8-7-16(11-17(18)14-37-2)13-29-20-12-22(40(3,30)31)27-25(41(4,32)33)23(20)24(28-29)21-6-5-9-38-21/h5-12H,13-14H2,1-4H3,(H,34,35,36). The van der Waals surface area contributed by atoms with Gasteiger partial charge in [-0.2, -0.15) is 13.5 Å². The first-order chi connectivity index (χ1) is 19.6. The molecule has 5 rings (SSSR count). The third kappa shape index (κ3) is 5.92. The summed E-state index contributed by atoms with van der Waals surface area (Å²) in [7, 11) is -10.8. The van der Waals surface area contributed by atoms with E-state index in [1.807, 2.05) is 5.38 Å². The van der Waals surface area contributed by atoms with Gasteiger partial charge >= 0.3 is 10.1 Å². The summed E-state index contributed by atoms with van der Waals surface area (Å²) in [5.74, 6) is 0. The van der Waals surface area contributed by atoms with Crippen molar-refractivity contribution in [3.63, 3.8) is 0 Å². The van der Waals surface area contributed by atoms with Crippen molar-refractivity contribution >= 4 is 63.4 Å². The molecule has 16 heteroatoms. The summed E-state index contributed by atoms with van der Waals surface area (Å²) < 4.78 is 91.4. The Bertz CT molecular complexity index is 2160. The molecule has 0 unspecified atom stereocenters. The zero-order valence-corrected chi connectivity index (χ0v) is 26.8. The molecule has 0 radical (unpaired) electrons. The minimum Gasteiger partial charge on any atom is -0.380 e. The number of ether oxygens (including phenoxy) is 1. The number of aryl methyl sites for hydroxylation is 1. The van der Waals surface area contributed by atoms with Gasteiger partial charge in [0.15, 0.2) is 33.9 Å². The molecule has 0 amide bonds. The number of methoxy groups -OCH3 is 1. The van der Waals surface area contributed by atoms with Gasteiger partial charge in [-0.1, -0.05) is 24.3 Å². The molecule has 0 aliphatic heterocycles. The molecule has 0 saturated carbocycles. The minimum absolute atomic E-state index is 0.114. The predicted molar refractivity (Wildman–Crippen MR) is 161 cm³/mol. The lowest BCUT2D eigenvalue weighted by atomic mass is 9.99. The number of fused-ring (bicyclic) bond motifs is 1. The Morgan fingerprint density at radius 1 is 0.976 bits per heavy atom. The number of pyridine rings is 1. The number of thiophene rings is 2. The summed E-state index contributed by atoms with van der Waals surface area (Å²) >= 11 is 2.31. The molecule has 0 spiro atoms. The third-order valence-electron chi connectivity index (χ3n) is 6.31. The lowest BCUT2D eigenvalue weighted by Crippen LogP contribution is -2.09. The number of aromatic nitrogens is 3. The highest BCUT2D eigenvalue weighted by molar-refractivity contribution is 7.91. The van der Waals surface area contributed by atoms with Crippen LogP contribution in [0.5, 0.6) is 0 Å². The molecule has 0 aliphatic rings. The zero-order chi connectivity index (χ0) is 30.6. The molecule has 11 nitrogen and oxygen atoms in total. The Balaban J connectivity index is 1.72. The lowest BCUT2D eigenvalue weighted by molar-refractivity contribution is 0.185. The number of sulfone groups is 2. The van der Waals surface area contributed by atoms with Gasteiger partial charge < -0.3 is 4.74 Å². The van der Waals surface area contributed by atoms with Crippen LogP contribution in [0.4, 0.5) is 0 Å². The van der Waals surface area contributed by atoms with E-state index < -0.39 is 34.8 Å². The summed E-state index contributed by atoms with van der Waals surface area (Å²) in [6, 6.07) is 11.9. The fourth-order valence-corrected chi connectivity index (χ4v) is 8.83. The number of benzene rings is 1. The maximum absolute atomic E-state index is 12.8. The van der Waals surface area contributed by atoms with E-state index in [9.17, 15) is 29.8 Å². The number of hydrogen-bond donors (Lipinski definition) is 1. The van der Waals surface area contributed by atoms with Crippen molar-refractivity contribution in [2.45, 2.75) is 34.3 Å². The van der Waals surface area contributed by atoms with Gasteiger partial charge in [0.05, 0.1) is 28.9 Å². The fraction of sp³-hybridized carbons (Fsp3) is 0.231. The van der Waals surface area contributed by atoms with Crippen molar-refractivity contribution < 1.29 is 34.5 Å². The molecule has 42 heavy (non-hydrogen) atoms. The topological polar surface area (TPSA) is 163 Å². The van der Waals surface area contributed by atoms with Gasteiger partial charge in [-0.25, -0.2) is 21.8 Å². The molecule has 5 aromatic rings. The first kappa shape index (κ1) is 30.5. The third-order valence-corrected chi connectivity index (χ3v) is 11.6. The molecular weight excluding hydrogens is 643 g/mol. The van der Waals surface area contributed by atoms with Crippen LogP contribution in [0.3, 0.4) is 0 Å². The normalized spacial score (nSPS) is 12.8. The molecule has 0 atom stereocenters. The van der Waals surface area contributed by atoms with Crippen LogP contribution in [-0.4, -0.2) is 64.2 Å². The molecule has 0 fully saturated rings. The van der Waals surface area contributed by atoms with E-state index in [1.54, 1.807) is 43.3 Å². The van der Waals surface area contributed by atoms with E-state index in [-0.39, 0.29) is 33.3 Å². The quantitative estimate of drug-likeness (QED) is 0.222. The van der Waals surface area contributed by atoms with Crippen molar-refractivity contribution in [3.05, 3.63) is 63.8 Å². The fourth-order valence-electron chi connectivity index (χ4n) is 4.63. The van der Waals surface area contributed by atoms with Crippen LogP contribution in [-0.2, 0) is 47.7 Å². The Morgan fingerprint density at radius 2 is 1.71 bits per heavy atom. The van der Waals surface area contributed by atoms with E-state index in [1.165, 1.54) is 29.2 Å². The molecule has 4 aromatic heterocycles. The second kappa shape index (κ2) is 10.9. The average Bonchev–Trinajstić information content (AvgIpc) is 3.62. The second-order valence-corrected chi connectivity index (χ2v) is 17.4. The van der Waals surface area contributed by atoms with E-state index in [2.05, 4.69) is 4.98 Å². The van der Waals surface area contributed by atoms with Crippen LogP contribution in [0, 0.1) is 6.92 Å². The molecule has 4 heterocycles. The lowest BCUT2D eigenvalue weighted by Gasteiger charge is -2.13. The molecule has 1 N–H and O–H groups in total. The van der Waals surface area contributed by atoms with Crippen LogP contribution >= 0.6 is 22.7 Å². The van der Waals surface area contributed by atoms with Crippen molar-refractivity contribution in [2.24, 2.45) is 0 Å². The molecule has 0 saturated heterocycles. The van der Waals surface area contributed by atoms with E-state index in [0.29, 0.717) is 37.7 Å². The zero-order valence-electron chi connectivity index (χ0n) is 22.7. The molecular formula is C26H25N3O8S5. The van der Waals surface area contributed by atoms with Crippen molar-refractivity contribution in [1.82, 2.24) is 14.8 Å². The molecule has 1 aromatic carbocycles. The van der Waals surface area contributed by atoms with Gasteiger partial charge in [-0.05, 0) is 41.1 Å². The van der Waals surface area contributed by atoms with Gasteiger partial charge in [0.1, 0.15) is 5.69 Å². The van der Waals surface area contributed by atoms with Crippen LogP contribution in [0.15, 0.2) is 62.1 Å². The summed E-state index contributed by atoms with van der Waals surface area (Å²) in [6.07, 6.45) is 1.93. The van der Waals surface area contributed by atoms with E-state index in [4.69, 9.17) is 9.84 Å². The predicted octanol–water partition coefficient (Wildman–Crippen LogP) is 4.45. The summed E-state index contributed by atoms with van der Waals surface area (Å²) in [6.45, 7) is 1.98. The number of hydrogen-bond acceptors (Lipinski definition) is 11. The van der Waals surface area contributed by atoms with Gasteiger partial charge in [0, 0.05) is 36.1 Å². The Kier molecular flexibility index (Phi) is 7.93. The number of nitrogens with zero attached hydrogens (tertiary/aromatic N) is 3. The Labute approximate surface area is 251 Å². The van der Waals surface area contributed by atoms with Crippen LogP contribution < -0.4 is 0 Å². The summed E-state index contributed by atoms with van der Waals surface area (Å²) in [5.41, 5.74) is 2.88. The minimum atomic E-state index is -4.47. The Morgan fingerprint density at radius 3 is 2.31 bits per heavy atom. The van der Waals surface area contributed by atoms with Crippen molar-refractivity contribution in [2.75, 3.05) is 19.6 Å². The van der Waals surface area contributed by atoms with Crippen LogP contribution in [0.2, 0.25) is 0 Å². The highest BCUT2D eigenvalue weighted by Gasteiger charge is 2.27. The van der Waals surface area contributed by atoms with Gasteiger partial charge in [-0.3, -0.25) is 9.23 Å². The average molecular weight is 668 g/mol. The molecule has 222 valence electrons. The van der Waals surface area contributed by atoms with E-state index in [0.717, 1.165) is 23.8 Å². The monoisotopic (exact) mass is 667 g/mol. The smallest absolute Gasteiger partial charge is 0.304 e. The first-order valence-corrected chi connectivity index (χ1v) is 19.0. The maximum atomic E-state index is 12.8. The highest BCUT2D eigenvalue weighted by atomic mass is 32.3. The Hall–Kier alpha value is -2.99. The van der Waals surface area contributed by atoms with Crippen LogP contribution in [0.25, 0.3) is 32.6 Å². The van der Waals surface area contributed by atoms with Crippen molar-refractivity contribution in [1.29, 1.82) is 0 Å². The summed E-state index contributed by atoms with van der Waals surface area (Å²) in [5, 5.41) is 5.98. The van der Waals surface area contributed by atoms with Gasteiger partial charge in [-0.15, -0.1) is 22.7 Å². The van der Waals surface area contributed by atoms with Gasteiger partial charge in [0.2, 0.25) is 0 Å². The highest BCUT2D eigenvalue weighted by Crippen LogP contribution is 2.38. The second-order valence-electron chi connectivity index (χ2n) is 9.65. The van der Waals surface area contributed by atoms with Gasteiger partial charge in [0.25, 0.3) is 0 Å². The summed E-state index contributed by atoms with van der Waals surface area (Å²) in [4.78, 5) is 5.42.